The molecule has 1 amide bonds. The molecule has 0 spiro atoms. The van der Waals surface area contributed by atoms with Crippen molar-refractivity contribution in [3.63, 3.8) is 0 Å². The van der Waals surface area contributed by atoms with Crippen LogP contribution < -0.4 is 5.32 Å². The monoisotopic (exact) mass is 422 g/mol. The minimum atomic E-state index is -3.62. The zero-order valence-electron chi connectivity index (χ0n) is 15.5. The maximum atomic E-state index is 12.9. The second kappa shape index (κ2) is 9.46. The van der Waals surface area contributed by atoms with Crippen LogP contribution in [-0.2, 0) is 19.6 Å². The molecule has 8 nitrogen and oxygen atoms in total. The molecule has 1 fully saturated rings. The third-order valence-electron chi connectivity index (χ3n) is 4.16. The summed E-state index contributed by atoms with van der Waals surface area (Å²) in [7, 11) is -3.62. The smallest absolute Gasteiger partial charge is 0.243 e. The highest BCUT2D eigenvalue weighted by atomic mass is 32.2. The fourth-order valence-corrected chi connectivity index (χ4v) is 5.10. The molecule has 0 atom stereocenters. The Morgan fingerprint density at radius 2 is 1.96 bits per heavy atom. The Morgan fingerprint density at radius 3 is 2.68 bits per heavy atom. The zero-order valence-corrected chi connectivity index (χ0v) is 17.1. The Kier molecular flexibility index (Phi) is 7.00. The molecule has 0 aliphatic carbocycles. The van der Waals surface area contributed by atoms with E-state index < -0.39 is 10.0 Å². The lowest BCUT2D eigenvalue weighted by atomic mass is 10.2. The number of aryl methyl sites for hydroxylation is 1. The van der Waals surface area contributed by atoms with Gasteiger partial charge < -0.3 is 10.1 Å². The maximum Gasteiger partial charge on any atom is 0.243 e. The molecule has 0 radical (unpaired) electrons. The highest BCUT2D eigenvalue weighted by molar-refractivity contribution is 7.99. The molecular weight excluding hydrogens is 400 g/mol. The Hall–Kier alpha value is -2.01. The van der Waals surface area contributed by atoms with E-state index in [1.807, 2.05) is 0 Å². The number of carbonyl (C=O) groups is 1. The summed E-state index contributed by atoms with van der Waals surface area (Å²) < 4.78 is 32.5. The molecule has 1 aliphatic heterocycles. The number of hydrogen-bond acceptors (Lipinski definition) is 7. The molecule has 2 heterocycles. The third-order valence-corrected chi connectivity index (χ3v) is 7.08. The van der Waals surface area contributed by atoms with Gasteiger partial charge in [-0.2, -0.15) is 4.31 Å². The van der Waals surface area contributed by atoms with Gasteiger partial charge in [0.05, 0.1) is 18.1 Å². The van der Waals surface area contributed by atoms with Crippen molar-refractivity contribution in [2.75, 3.05) is 37.4 Å². The Labute approximate surface area is 168 Å². The molecule has 1 saturated heterocycles. The molecule has 28 heavy (non-hydrogen) atoms. The van der Waals surface area contributed by atoms with E-state index in [4.69, 9.17) is 4.74 Å². The lowest BCUT2D eigenvalue weighted by molar-refractivity contribution is -0.115. The number of hydrogen-bond donors (Lipinski definition) is 1. The van der Waals surface area contributed by atoms with Crippen molar-refractivity contribution in [2.45, 2.75) is 23.4 Å². The van der Waals surface area contributed by atoms with E-state index in [0.717, 1.165) is 0 Å². The lowest BCUT2D eigenvalue weighted by Gasteiger charge is -2.26. The van der Waals surface area contributed by atoms with Crippen LogP contribution in [0.4, 0.5) is 5.69 Å². The van der Waals surface area contributed by atoms with Gasteiger partial charge in [0.1, 0.15) is 0 Å². The number of nitrogens with one attached hydrogen (secondary N) is 1. The summed E-state index contributed by atoms with van der Waals surface area (Å²) in [4.78, 5) is 20.6. The number of ether oxygens (including phenoxy) is 1. The largest absolute Gasteiger partial charge is 0.379 e. The summed E-state index contributed by atoms with van der Waals surface area (Å²) >= 11 is 1.39. The van der Waals surface area contributed by atoms with Crippen LogP contribution in [0.2, 0.25) is 0 Å². The molecule has 3 rings (SSSR count). The van der Waals surface area contributed by atoms with E-state index in [-0.39, 0.29) is 17.2 Å². The second-order valence-corrected chi connectivity index (χ2v) is 9.14. The summed E-state index contributed by atoms with van der Waals surface area (Å²) in [5.74, 6) is 0.336. The van der Waals surface area contributed by atoms with Gasteiger partial charge in [-0.3, -0.25) is 4.79 Å². The van der Waals surface area contributed by atoms with E-state index in [2.05, 4.69) is 15.3 Å². The van der Waals surface area contributed by atoms with Crippen LogP contribution in [0.15, 0.2) is 46.7 Å². The molecule has 0 bridgehead atoms. The summed E-state index contributed by atoms with van der Waals surface area (Å²) in [6.07, 6.45) is 3.57. The first-order valence-corrected chi connectivity index (χ1v) is 11.3. The molecule has 150 valence electrons. The fraction of sp³-hybridized carbons (Fsp3) is 0.389. The number of anilines is 1. The summed E-state index contributed by atoms with van der Waals surface area (Å²) in [6, 6.07) is 6.66. The van der Waals surface area contributed by atoms with Crippen LogP contribution >= 0.6 is 11.8 Å². The van der Waals surface area contributed by atoms with E-state index >= 15 is 0 Å². The number of sulfonamides is 1. The molecule has 1 aromatic carbocycles. The van der Waals surface area contributed by atoms with Crippen molar-refractivity contribution in [3.8, 4) is 0 Å². The SMILES string of the molecule is Cc1ccc(NC(=O)CCSc2ncccn2)cc1S(=O)(=O)N1CCOCC1. The molecule has 1 N–H and O–H groups in total. The number of carbonyl (C=O) groups excluding carboxylic acids is 1. The van der Waals surface area contributed by atoms with Gasteiger partial charge in [0.15, 0.2) is 5.16 Å². The Balaban J connectivity index is 1.63. The first-order chi connectivity index (χ1) is 13.5. The summed E-state index contributed by atoms with van der Waals surface area (Å²) in [5.41, 5.74) is 1.10. The lowest BCUT2D eigenvalue weighted by Crippen LogP contribution is -2.40. The van der Waals surface area contributed by atoms with Gasteiger partial charge in [-0.05, 0) is 30.7 Å². The number of benzene rings is 1. The van der Waals surface area contributed by atoms with Gasteiger partial charge in [0.25, 0.3) is 0 Å². The Morgan fingerprint density at radius 1 is 1.25 bits per heavy atom. The Bertz CT molecular complexity index is 916. The number of morpholine rings is 1. The van der Waals surface area contributed by atoms with E-state index in [1.54, 1.807) is 37.5 Å². The minimum Gasteiger partial charge on any atom is -0.379 e. The number of nitrogens with zero attached hydrogens (tertiary/aromatic N) is 3. The first kappa shape index (κ1) is 20.7. The average Bonchev–Trinajstić information content (AvgIpc) is 2.71. The molecule has 2 aromatic rings. The van der Waals surface area contributed by atoms with Crippen molar-refractivity contribution in [3.05, 3.63) is 42.2 Å². The van der Waals surface area contributed by atoms with Crippen molar-refractivity contribution in [1.82, 2.24) is 14.3 Å². The quantitative estimate of drug-likeness (QED) is 0.537. The van der Waals surface area contributed by atoms with Crippen LogP contribution in [0.1, 0.15) is 12.0 Å². The zero-order chi connectivity index (χ0) is 20.0. The second-order valence-electron chi connectivity index (χ2n) is 6.17. The third kappa shape index (κ3) is 5.28. The molecule has 0 saturated carbocycles. The first-order valence-electron chi connectivity index (χ1n) is 8.85. The molecule has 10 heteroatoms. The van der Waals surface area contributed by atoms with Gasteiger partial charge in [-0.1, -0.05) is 17.8 Å². The van der Waals surface area contributed by atoms with Crippen molar-refractivity contribution in [2.24, 2.45) is 0 Å². The number of rotatable bonds is 7. The summed E-state index contributed by atoms with van der Waals surface area (Å²) in [6.45, 7) is 3.18. The number of amides is 1. The fourth-order valence-electron chi connectivity index (χ4n) is 2.70. The average molecular weight is 423 g/mol. The predicted molar refractivity (Wildman–Crippen MR) is 107 cm³/mol. The van der Waals surface area contributed by atoms with Crippen molar-refractivity contribution < 1.29 is 17.9 Å². The van der Waals surface area contributed by atoms with Crippen LogP contribution in [0.5, 0.6) is 0 Å². The van der Waals surface area contributed by atoms with Gasteiger partial charge in [-0.25, -0.2) is 18.4 Å². The van der Waals surface area contributed by atoms with Crippen molar-refractivity contribution in [1.29, 1.82) is 0 Å². The van der Waals surface area contributed by atoms with Gasteiger partial charge in [0, 0.05) is 43.3 Å². The van der Waals surface area contributed by atoms with Crippen LogP contribution in [0, 0.1) is 6.92 Å². The van der Waals surface area contributed by atoms with Gasteiger partial charge in [-0.15, -0.1) is 0 Å². The maximum absolute atomic E-state index is 12.9. The molecule has 0 unspecified atom stereocenters. The van der Waals surface area contributed by atoms with Crippen LogP contribution in [0.3, 0.4) is 0 Å². The van der Waals surface area contributed by atoms with E-state index in [0.29, 0.717) is 48.5 Å². The van der Waals surface area contributed by atoms with Crippen molar-refractivity contribution >= 4 is 33.4 Å². The normalized spacial score (nSPS) is 15.3. The highest BCUT2D eigenvalue weighted by Gasteiger charge is 2.28. The van der Waals surface area contributed by atoms with Gasteiger partial charge >= 0.3 is 0 Å². The van der Waals surface area contributed by atoms with E-state index in [1.165, 1.54) is 22.1 Å². The minimum absolute atomic E-state index is 0.193. The molecule has 1 aromatic heterocycles. The van der Waals surface area contributed by atoms with E-state index in [9.17, 15) is 13.2 Å². The van der Waals surface area contributed by atoms with Crippen LogP contribution in [-0.4, -0.2) is 60.7 Å². The molecular formula is C18H22N4O4S2. The highest BCUT2D eigenvalue weighted by Crippen LogP contribution is 2.24. The number of aromatic nitrogens is 2. The number of thioether (sulfide) groups is 1. The summed E-state index contributed by atoms with van der Waals surface area (Å²) in [5, 5.41) is 3.39. The predicted octanol–water partition coefficient (Wildman–Crippen LogP) is 1.93. The topological polar surface area (TPSA) is 101 Å². The van der Waals surface area contributed by atoms with Crippen LogP contribution in [0.25, 0.3) is 0 Å². The molecule has 1 aliphatic rings. The standard InChI is InChI=1S/C18H22N4O4S2/c1-14-3-4-15(13-16(14)28(24,25)22-8-10-26-11-9-22)21-17(23)5-12-27-18-19-6-2-7-20-18/h2-4,6-7,13H,5,8-12H2,1H3,(H,21,23). The van der Waals surface area contributed by atoms with Gasteiger partial charge in [0.2, 0.25) is 15.9 Å².